The molecule has 0 N–H and O–H groups in total. The maximum atomic E-state index is 13.0. The minimum Gasteiger partial charge on any atom is -0.360 e. The Hall–Kier alpha value is -2.14. The van der Waals surface area contributed by atoms with Crippen LogP contribution in [0.2, 0.25) is 0 Å². The Morgan fingerprint density at radius 3 is 2.64 bits per heavy atom. The lowest BCUT2D eigenvalue weighted by molar-refractivity contribution is 0.0757. The zero-order chi connectivity index (χ0) is 17.8. The van der Waals surface area contributed by atoms with Crippen molar-refractivity contribution in [2.45, 2.75) is 39.7 Å². The van der Waals surface area contributed by atoms with Gasteiger partial charge in [0.15, 0.2) is 5.76 Å². The van der Waals surface area contributed by atoms with Crippen LogP contribution in [-0.2, 0) is 6.54 Å². The summed E-state index contributed by atoms with van der Waals surface area (Å²) >= 11 is 0. The molecule has 0 aliphatic carbocycles. The fourth-order valence-corrected chi connectivity index (χ4v) is 3.37. The molecular weight excluding hydrogens is 314 g/mol. The van der Waals surface area contributed by atoms with E-state index in [1.165, 1.54) is 5.56 Å². The van der Waals surface area contributed by atoms with Crippen molar-refractivity contribution in [3.63, 3.8) is 0 Å². The van der Waals surface area contributed by atoms with Gasteiger partial charge in [-0.05, 0) is 18.9 Å². The summed E-state index contributed by atoms with van der Waals surface area (Å²) in [6.45, 7) is 10.3. The maximum absolute atomic E-state index is 13.0. The van der Waals surface area contributed by atoms with E-state index in [9.17, 15) is 4.79 Å². The zero-order valence-electron chi connectivity index (χ0n) is 15.4. The predicted molar refractivity (Wildman–Crippen MR) is 97.6 cm³/mol. The minimum atomic E-state index is 0.0593. The Labute approximate surface area is 149 Å². The van der Waals surface area contributed by atoms with Gasteiger partial charge in [-0.25, -0.2) is 0 Å². The number of aromatic nitrogens is 1. The Morgan fingerprint density at radius 2 is 1.92 bits per heavy atom. The summed E-state index contributed by atoms with van der Waals surface area (Å²) in [5.41, 5.74) is 2.67. The van der Waals surface area contributed by atoms with E-state index in [-0.39, 0.29) is 11.8 Å². The molecule has 1 aliphatic rings. The summed E-state index contributed by atoms with van der Waals surface area (Å²) in [7, 11) is 0. The van der Waals surface area contributed by atoms with Crippen LogP contribution in [0.4, 0.5) is 0 Å². The molecule has 1 fully saturated rings. The second kappa shape index (κ2) is 7.83. The molecule has 0 unspecified atom stereocenters. The van der Waals surface area contributed by atoms with Crippen molar-refractivity contribution in [2.24, 2.45) is 0 Å². The van der Waals surface area contributed by atoms with Crippen LogP contribution in [0, 0.1) is 6.92 Å². The first-order valence-electron chi connectivity index (χ1n) is 9.08. The lowest BCUT2D eigenvalue weighted by Crippen LogP contribution is -2.35. The van der Waals surface area contributed by atoms with E-state index in [1.54, 1.807) is 0 Å². The molecule has 0 radical (unpaired) electrons. The molecule has 1 aromatic heterocycles. The van der Waals surface area contributed by atoms with Crippen molar-refractivity contribution in [2.75, 3.05) is 26.2 Å². The SMILES string of the molecule is Cc1noc(C(C)C)c1C(=O)N1CCCN(Cc2ccccc2)CC1. The van der Waals surface area contributed by atoms with Gasteiger partial charge in [-0.1, -0.05) is 49.3 Å². The average molecular weight is 341 g/mol. The summed E-state index contributed by atoms with van der Waals surface area (Å²) in [6.07, 6.45) is 0.986. The van der Waals surface area contributed by atoms with Gasteiger partial charge in [0.2, 0.25) is 0 Å². The molecule has 134 valence electrons. The van der Waals surface area contributed by atoms with Crippen molar-refractivity contribution < 1.29 is 9.32 Å². The van der Waals surface area contributed by atoms with Crippen LogP contribution in [0.5, 0.6) is 0 Å². The van der Waals surface area contributed by atoms with Gasteiger partial charge in [0.1, 0.15) is 5.56 Å². The third-order valence-corrected chi connectivity index (χ3v) is 4.75. The van der Waals surface area contributed by atoms with Crippen molar-refractivity contribution in [3.05, 3.63) is 52.9 Å². The van der Waals surface area contributed by atoms with E-state index >= 15 is 0 Å². The number of nitrogens with zero attached hydrogens (tertiary/aromatic N) is 3. The number of amides is 1. The van der Waals surface area contributed by atoms with E-state index in [0.29, 0.717) is 17.0 Å². The van der Waals surface area contributed by atoms with Gasteiger partial charge < -0.3 is 9.42 Å². The number of aryl methyl sites for hydroxylation is 1. The first kappa shape index (κ1) is 17.7. The summed E-state index contributed by atoms with van der Waals surface area (Å²) in [5, 5.41) is 4.02. The van der Waals surface area contributed by atoms with Gasteiger partial charge in [0, 0.05) is 38.6 Å². The smallest absolute Gasteiger partial charge is 0.259 e. The molecular formula is C20H27N3O2. The number of carbonyl (C=O) groups excluding carboxylic acids is 1. The highest BCUT2D eigenvalue weighted by atomic mass is 16.5. The second-order valence-corrected chi connectivity index (χ2v) is 7.07. The van der Waals surface area contributed by atoms with Crippen molar-refractivity contribution in [3.8, 4) is 0 Å². The van der Waals surface area contributed by atoms with Crippen LogP contribution >= 0.6 is 0 Å². The summed E-state index contributed by atoms with van der Waals surface area (Å²) in [6, 6.07) is 10.5. The molecule has 2 heterocycles. The first-order valence-corrected chi connectivity index (χ1v) is 9.08. The maximum Gasteiger partial charge on any atom is 0.259 e. The number of rotatable bonds is 4. The van der Waals surface area contributed by atoms with Gasteiger partial charge in [-0.15, -0.1) is 0 Å². The molecule has 1 saturated heterocycles. The molecule has 0 saturated carbocycles. The highest BCUT2D eigenvalue weighted by molar-refractivity contribution is 5.96. The zero-order valence-corrected chi connectivity index (χ0v) is 15.4. The summed E-state index contributed by atoms with van der Waals surface area (Å²) < 4.78 is 5.39. The normalized spacial score (nSPS) is 16.2. The Balaban J connectivity index is 1.67. The van der Waals surface area contributed by atoms with Gasteiger partial charge in [0.25, 0.3) is 5.91 Å². The van der Waals surface area contributed by atoms with Crippen LogP contribution in [0.15, 0.2) is 34.9 Å². The summed E-state index contributed by atoms with van der Waals surface area (Å²) in [5.74, 6) is 0.915. The van der Waals surface area contributed by atoms with Gasteiger partial charge in [-0.2, -0.15) is 0 Å². The highest BCUT2D eigenvalue weighted by Crippen LogP contribution is 2.24. The topological polar surface area (TPSA) is 49.6 Å². The van der Waals surface area contributed by atoms with Gasteiger partial charge >= 0.3 is 0 Å². The Kier molecular flexibility index (Phi) is 5.53. The fraction of sp³-hybridized carbons (Fsp3) is 0.500. The van der Waals surface area contributed by atoms with Crippen LogP contribution < -0.4 is 0 Å². The van der Waals surface area contributed by atoms with Crippen LogP contribution in [0.1, 0.15) is 53.6 Å². The molecule has 3 rings (SSSR count). The third kappa shape index (κ3) is 4.10. The first-order chi connectivity index (χ1) is 12.1. The van der Waals surface area contributed by atoms with Crippen molar-refractivity contribution in [1.82, 2.24) is 15.0 Å². The third-order valence-electron chi connectivity index (χ3n) is 4.75. The molecule has 0 bridgehead atoms. The predicted octanol–water partition coefficient (Wildman–Crippen LogP) is 3.45. The number of benzene rings is 1. The van der Waals surface area contributed by atoms with Gasteiger partial charge in [0.05, 0.1) is 5.69 Å². The quantitative estimate of drug-likeness (QED) is 0.854. The largest absolute Gasteiger partial charge is 0.360 e. The second-order valence-electron chi connectivity index (χ2n) is 7.07. The minimum absolute atomic E-state index is 0.0593. The van der Waals surface area contributed by atoms with Crippen LogP contribution in [0.25, 0.3) is 0 Å². The van der Waals surface area contributed by atoms with E-state index < -0.39 is 0 Å². The van der Waals surface area contributed by atoms with E-state index in [1.807, 2.05) is 31.7 Å². The number of hydrogen-bond acceptors (Lipinski definition) is 4. The molecule has 0 spiro atoms. The van der Waals surface area contributed by atoms with E-state index in [2.05, 4.69) is 34.3 Å². The highest BCUT2D eigenvalue weighted by Gasteiger charge is 2.28. The van der Waals surface area contributed by atoms with Crippen LogP contribution in [0.3, 0.4) is 0 Å². The van der Waals surface area contributed by atoms with Gasteiger partial charge in [-0.3, -0.25) is 9.69 Å². The van der Waals surface area contributed by atoms with Crippen molar-refractivity contribution >= 4 is 5.91 Å². The molecule has 5 nitrogen and oxygen atoms in total. The van der Waals surface area contributed by atoms with E-state index in [4.69, 9.17) is 4.52 Å². The molecule has 1 aromatic carbocycles. The van der Waals surface area contributed by atoms with E-state index in [0.717, 1.165) is 39.1 Å². The Bertz CT molecular complexity index is 709. The lowest BCUT2D eigenvalue weighted by atomic mass is 10.0. The molecule has 1 amide bonds. The molecule has 1 aliphatic heterocycles. The molecule has 25 heavy (non-hydrogen) atoms. The lowest BCUT2D eigenvalue weighted by Gasteiger charge is -2.22. The molecule has 2 aromatic rings. The monoisotopic (exact) mass is 341 g/mol. The summed E-state index contributed by atoms with van der Waals surface area (Å²) in [4.78, 5) is 17.4. The Morgan fingerprint density at radius 1 is 1.16 bits per heavy atom. The number of carbonyl (C=O) groups is 1. The van der Waals surface area contributed by atoms with Crippen molar-refractivity contribution in [1.29, 1.82) is 0 Å². The standard InChI is InChI=1S/C20H27N3O2/c1-15(2)19-18(16(3)21-25-19)20(24)23-11-7-10-22(12-13-23)14-17-8-5-4-6-9-17/h4-6,8-9,15H,7,10-14H2,1-3H3. The fourth-order valence-electron chi connectivity index (χ4n) is 3.37. The molecule has 5 heteroatoms. The average Bonchev–Trinajstić information content (AvgIpc) is 2.84. The van der Waals surface area contributed by atoms with Crippen LogP contribution in [-0.4, -0.2) is 47.0 Å². The number of hydrogen-bond donors (Lipinski definition) is 0. The molecule has 0 atom stereocenters.